The summed E-state index contributed by atoms with van der Waals surface area (Å²) in [6.07, 6.45) is 7.31. The van der Waals surface area contributed by atoms with Crippen LogP contribution in [0.15, 0.2) is 83.9 Å². The smallest absolute Gasteiger partial charge is 0.350 e. The van der Waals surface area contributed by atoms with E-state index in [-0.39, 0.29) is 11.8 Å². The van der Waals surface area contributed by atoms with Crippen molar-refractivity contribution in [2.24, 2.45) is 4.99 Å². The third-order valence-electron chi connectivity index (χ3n) is 8.52. The molecule has 0 unspecified atom stereocenters. The summed E-state index contributed by atoms with van der Waals surface area (Å²) in [5.41, 5.74) is 2.33. The lowest BCUT2D eigenvalue weighted by atomic mass is 9.83. The Morgan fingerprint density at radius 3 is 2.42 bits per heavy atom. The summed E-state index contributed by atoms with van der Waals surface area (Å²) in [6, 6.07) is 24.8. The van der Waals surface area contributed by atoms with Gasteiger partial charge in [-0.1, -0.05) is 67.8 Å². The van der Waals surface area contributed by atoms with Crippen LogP contribution >= 0.6 is 0 Å². The summed E-state index contributed by atoms with van der Waals surface area (Å²) in [5.74, 6) is 1.28. The van der Waals surface area contributed by atoms with Crippen LogP contribution in [0.5, 0.6) is 5.75 Å². The molecule has 0 atom stereocenters. The Bertz CT molecular complexity index is 1350. The monoisotopic (exact) mass is 540 g/mol. The largest absolute Gasteiger partial charge is 0.489 e. The zero-order valence-corrected chi connectivity index (χ0v) is 22.9. The van der Waals surface area contributed by atoms with E-state index in [2.05, 4.69) is 39.5 Å². The molecule has 2 aliphatic heterocycles. The van der Waals surface area contributed by atoms with Gasteiger partial charge in [0, 0.05) is 31.4 Å². The number of piperidine rings is 1. The quantitative estimate of drug-likeness (QED) is 0.362. The van der Waals surface area contributed by atoms with Crippen molar-refractivity contribution in [3.63, 3.8) is 0 Å². The van der Waals surface area contributed by atoms with Crippen LogP contribution in [0, 0.1) is 5.82 Å². The first kappa shape index (κ1) is 26.5. The molecule has 7 heteroatoms. The molecule has 3 aromatic rings. The van der Waals surface area contributed by atoms with Gasteiger partial charge < -0.3 is 10.1 Å². The van der Waals surface area contributed by atoms with Crippen molar-refractivity contribution >= 4 is 17.6 Å². The van der Waals surface area contributed by atoms with Crippen LogP contribution in [0.1, 0.15) is 56.1 Å². The first-order valence-corrected chi connectivity index (χ1v) is 14.5. The number of anilines is 1. The molecule has 3 aliphatic rings. The highest BCUT2D eigenvalue weighted by Gasteiger charge is 2.52. The van der Waals surface area contributed by atoms with Gasteiger partial charge in [0.15, 0.2) is 0 Å². The summed E-state index contributed by atoms with van der Waals surface area (Å²) < 4.78 is 20.3. The second kappa shape index (κ2) is 11.8. The zero-order chi connectivity index (χ0) is 27.4. The number of ether oxygens (including phenoxy) is 1. The Morgan fingerprint density at radius 1 is 0.900 bits per heavy atom. The number of likely N-dealkylation sites (tertiary alicyclic amines) is 1. The van der Waals surface area contributed by atoms with Gasteiger partial charge in [0.1, 0.15) is 29.5 Å². The molecule has 0 aromatic heterocycles. The fourth-order valence-corrected chi connectivity index (χ4v) is 6.39. The predicted octanol–water partition coefficient (Wildman–Crippen LogP) is 6.70. The minimum absolute atomic E-state index is 0.305. The number of carbonyl (C=O) groups is 1. The number of aliphatic imine (C=N–C) groups is 1. The van der Waals surface area contributed by atoms with Gasteiger partial charge in [0.05, 0.1) is 0 Å². The fourth-order valence-electron chi connectivity index (χ4n) is 6.39. The van der Waals surface area contributed by atoms with Crippen molar-refractivity contribution in [3.05, 3.63) is 95.8 Å². The fraction of sp³-hybridized carbons (Fsp3) is 0.394. The first-order chi connectivity index (χ1) is 19.6. The molecule has 2 amide bonds. The third-order valence-corrected chi connectivity index (χ3v) is 8.52. The maximum Gasteiger partial charge on any atom is 0.350 e. The lowest BCUT2D eigenvalue weighted by Crippen LogP contribution is -2.62. The van der Waals surface area contributed by atoms with Crippen LogP contribution in [0.4, 0.5) is 14.9 Å². The normalized spacial score (nSPS) is 19.6. The van der Waals surface area contributed by atoms with Crippen LogP contribution in [0.25, 0.3) is 0 Å². The minimum Gasteiger partial charge on any atom is -0.489 e. The number of rotatable bonds is 7. The maximum absolute atomic E-state index is 14.3. The van der Waals surface area contributed by atoms with Gasteiger partial charge in [0.2, 0.25) is 0 Å². The van der Waals surface area contributed by atoms with Gasteiger partial charge in [-0.15, -0.1) is 0 Å². The van der Waals surface area contributed by atoms with Crippen molar-refractivity contribution in [2.75, 3.05) is 18.0 Å². The molecule has 1 N–H and O–H groups in total. The summed E-state index contributed by atoms with van der Waals surface area (Å²) >= 11 is 0. The van der Waals surface area contributed by atoms with E-state index in [9.17, 15) is 9.18 Å². The van der Waals surface area contributed by atoms with Crippen molar-refractivity contribution in [1.82, 2.24) is 10.2 Å². The van der Waals surface area contributed by atoms with Gasteiger partial charge >= 0.3 is 6.03 Å². The van der Waals surface area contributed by atoms with E-state index in [0.717, 1.165) is 62.5 Å². The zero-order valence-electron chi connectivity index (χ0n) is 22.9. The average Bonchev–Trinajstić information content (AvgIpc) is 3.24. The van der Waals surface area contributed by atoms with Crippen LogP contribution in [0.2, 0.25) is 0 Å². The number of hydrogen-bond acceptors (Lipinski definition) is 4. The van der Waals surface area contributed by atoms with Gasteiger partial charge in [-0.3, -0.25) is 9.80 Å². The Hall–Kier alpha value is -3.71. The van der Waals surface area contributed by atoms with Crippen molar-refractivity contribution in [3.8, 4) is 5.75 Å². The highest BCUT2D eigenvalue weighted by molar-refractivity contribution is 6.16. The molecule has 1 saturated carbocycles. The van der Waals surface area contributed by atoms with E-state index < -0.39 is 5.54 Å². The van der Waals surface area contributed by atoms with E-state index in [1.54, 1.807) is 11.0 Å². The number of benzene rings is 3. The number of halogens is 1. The molecule has 1 spiro atoms. The summed E-state index contributed by atoms with van der Waals surface area (Å²) in [4.78, 5) is 22.1. The number of hydrogen-bond donors (Lipinski definition) is 1. The number of amides is 2. The number of nitrogens with zero attached hydrogens (tertiary/aromatic N) is 3. The highest BCUT2D eigenvalue weighted by Crippen LogP contribution is 2.39. The van der Waals surface area contributed by atoms with E-state index in [1.165, 1.54) is 37.0 Å². The Labute approximate surface area is 235 Å². The van der Waals surface area contributed by atoms with E-state index in [0.29, 0.717) is 18.3 Å². The Balaban J connectivity index is 1.16. The molecule has 0 radical (unpaired) electrons. The summed E-state index contributed by atoms with van der Waals surface area (Å²) in [7, 11) is 0. The first-order valence-electron chi connectivity index (χ1n) is 14.5. The summed E-state index contributed by atoms with van der Waals surface area (Å²) in [6.45, 7) is 2.95. The minimum atomic E-state index is -0.584. The van der Waals surface area contributed by atoms with Gasteiger partial charge in [-0.2, -0.15) is 4.99 Å². The third kappa shape index (κ3) is 5.75. The second-order valence-electron chi connectivity index (χ2n) is 11.3. The number of nitrogens with one attached hydrogen (secondary N) is 1. The molecule has 208 valence electrons. The average molecular weight is 541 g/mol. The maximum atomic E-state index is 14.3. The predicted molar refractivity (Wildman–Crippen MR) is 156 cm³/mol. The molecule has 3 aromatic carbocycles. The Kier molecular flexibility index (Phi) is 7.82. The van der Waals surface area contributed by atoms with E-state index in [1.807, 2.05) is 36.4 Å². The molecule has 2 heterocycles. The van der Waals surface area contributed by atoms with Gasteiger partial charge in [-0.25, -0.2) is 9.18 Å². The van der Waals surface area contributed by atoms with E-state index >= 15 is 0 Å². The molecule has 6 rings (SSSR count). The number of urea groups is 1. The second-order valence-corrected chi connectivity index (χ2v) is 11.3. The summed E-state index contributed by atoms with van der Waals surface area (Å²) in [5, 5.41) is 3.68. The highest BCUT2D eigenvalue weighted by atomic mass is 19.1. The lowest BCUT2D eigenvalue weighted by Gasteiger charge is -2.45. The van der Waals surface area contributed by atoms with Crippen molar-refractivity contribution in [1.29, 1.82) is 0 Å². The Morgan fingerprint density at radius 2 is 1.65 bits per heavy atom. The molecule has 40 heavy (non-hydrogen) atoms. The van der Waals surface area contributed by atoms with Crippen LogP contribution in [0.3, 0.4) is 0 Å². The van der Waals surface area contributed by atoms with E-state index in [4.69, 9.17) is 4.74 Å². The van der Waals surface area contributed by atoms with Crippen LogP contribution in [-0.2, 0) is 13.2 Å². The van der Waals surface area contributed by atoms with Gasteiger partial charge in [-0.05, 0) is 67.1 Å². The molecule has 1 aliphatic carbocycles. The molecule has 6 nitrogen and oxygen atoms in total. The number of carbonyl (C=O) groups excluding carboxylic acids is 1. The molecular weight excluding hydrogens is 503 g/mol. The molecule has 2 fully saturated rings. The van der Waals surface area contributed by atoms with Crippen molar-refractivity contribution in [2.45, 2.75) is 69.7 Å². The topological polar surface area (TPSA) is 57.2 Å². The molecule has 1 saturated heterocycles. The number of amidine groups is 1. The lowest BCUT2D eigenvalue weighted by molar-refractivity contribution is 0.181. The van der Waals surface area contributed by atoms with Crippen molar-refractivity contribution < 1.29 is 13.9 Å². The van der Waals surface area contributed by atoms with Gasteiger partial charge in [0.25, 0.3) is 0 Å². The molecular formula is C33H37FN4O2. The SMILES string of the molecule is O=C1N=C(NC2CCCCC2)C2(CCN(Cc3cccc(OCc4ccccc4)c3)CC2)N1c1cccc(F)c1. The van der Waals surface area contributed by atoms with Crippen LogP contribution < -0.4 is 15.0 Å². The van der Waals surface area contributed by atoms with Crippen LogP contribution in [-0.4, -0.2) is 41.4 Å². The standard InChI is InChI=1S/C33H37FN4O2/c34-27-12-8-15-29(22-27)38-32(39)36-31(35-28-13-5-2-6-14-28)33(38)17-19-37(20-18-33)23-26-11-7-16-30(21-26)40-24-25-9-3-1-4-10-25/h1,3-4,7-12,15-16,21-22,28H,2,5-6,13-14,17-20,23-24H2,(H,35,36,39). The molecule has 0 bridgehead atoms.